The number of benzene rings is 8. The zero-order valence-electron chi connectivity index (χ0n) is 27.6. The molecule has 0 bridgehead atoms. The first-order valence-corrected chi connectivity index (χ1v) is 17.2. The maximum Gasteiger partial charge on any atom is 0.227 e. The summed E-state index contributed by atoms with van der Waals surface area (Å²) in [6.07, 6.45) is 0. The van der Waals surface area contributed by atoms with E-state index in [1.54, 1.807) is 0 Å². The zero-order valence-corrected chi connectivity index (χ0v) is 27.6. The number of para-hydroxylation sites is 3. The Morgan fingerprint density at radius 1 is 0.451 bits per heavy atom. The van der Waals surface area contributed by atoms with Gasteiger partial charge in [0.15, 0.2) is 5.58 Å². The van der Waals surface area contributed by atoms with Gasteiger partial charge in [-0.1, -0.05) is 121 Å². The van der Waals surface area contributed by atoms with Gasteiger partial charge in [-0.15, -0.1) is 0 Å². The second-order valence-electron chi connectivity index (χ2n) is 12.8. The van der Waals surface area contributed by atoms with Crippen molar-refractivity contribution in [1.29, 1.82) is 0 Å². The molecule has 0 fully saturated rings. The number of fused-ring (bicyclic) bond motifs is 6. The van der Waals surface area contributed by atoms with Crippen LogP contribution in [0.3, 0.4) is 0 Å². The number of rotatable bonds is 6. The summed E-state index contributed by atoms with van der Waals surface area (Å²) in [5.41, 5.74) is 11.3. The highest BCUT2D eigenvalue weighted by Gasteiger charge is 2.24. The van der Waals surface area contributed by atoms with Crippen LogP contribution in [0.1, 0.15) is 0 Å². The molecular formula is C47H31N3O. The maximum absolute atomic E-state index is 6.68. The first-order valence-electron chi connectivity index (χ1n) is 17.2. The molecular weight excluding hydrogens is 623 g/mol. The van der Waals surface area contributed by atoms with Crippen LogP contribution in [-0.4, -0.2) is 9.55 Å². The number of oxazole rings is 1. The van der Waals surface area contributed by atoms with Crippen molar-refractivity contribution in [2.24, 2.45) is 0 Å². The van der Waals surface area contributed by atoms with E-state index in [9.17, 15) is 0 Å². The molecule has 0 aliphatic heterocycles. The molecule has 0 saturated carbocycles. The van der Waals surface area contributed by atoms with Gasteiger partial charge in [0.1, 0.15) is 5.52 Å². The van der Waals surface area contributed by atoms with Gasteiger partial charge in [0, 0.05) is 33.1 Å². The minimum atomic E-state index is 0.601. The smallest absolute Gasteiger partial charge is 0.227 e. The lowest BCUT2D eigenvalue weighted by atomic mass is 10.00. The lowest BCUT2D eigenvalue weighted by Gasteiger charge is -2.27. The van der Waals surface area contributed by atoms with Crippen LogP contribution < -0.4 is 4.90 Å². The fraction of sp³-hybridized carbons (Fsp3) is 0. The fourth-order valence-electron chi connectivity index (χ4n) is 7.52. The van der Waals surface area contributed by atoms with Crippen molar-refractivity contribution in [3.63, 3.8) is 0 Å². The second-order valence-corrected chi connectivity index (χ2v) is 12.8. The molecule has 0 radical (unpaired) electrons. The molecule has 0 amide bonds. The predicted octanol–water partition coefficient (Wildman–Crippen LogP) is 12.9. The molecule has 4 heteroatoms. The van der Waals surface area contributed by atoms with Crippen LogP contribution in [-0.2, 0) is 0 Å². The Morgan fingerprint density at radius 3 is 1.88 bits per heavy atom. The van der Waals surface area contributed by atoms with Gasteiger partial charge in [0.25, 0.3) is 0 Å². The molecule has 2 heterocycles. The van der Waals surface area contributed by atoms with Crippen LogP contribution in [0.15, 0.2) is 192 Å². The molecule has 10 aromatic rings. The van der Waals surface area contributed by atoms with Gasteiger partial charge in [0.05, 0.1) is 22.4 Å². The molecule has 0 spiro atoms. The lowest BCUT2D eigenvalue weighted by molar-refractivity contribution is 0.620. The summed E-state index contributed by atoms with van der Waals surface area (Å²) in [4.78, 5) is 7.30. The molecule has 240 valence electrons. The Kier molecular flexibility index (Phi) is 6.78. The SMILES string of the molecule is c1ccc(-c2ccc(N(c3cccc4nc(-c5ccccc5)oc34)c3cccc4ccc5c(c6ccccc6n5-c5ccccc5)c34)cc2)cc1. The summed E-state index contributed by atoms with van der Waals surface area (Å²) in [6.45, 7) is 0. The Balaban J connectivity index is 1.28. The van der Waals surface area contributed by atoms with Gasteiger partial charge in [-0.05, 0) is 83.2 Å². The molecule has 2 aromatic heterocycles. The molecule has 0 unspecified atom stereocenters. The third-order valence-corrected chi connectivity index (χ3v) is 9.80. The van der Waals surface area contributed by atoms with E-state index in [1.165, 1.54) is 27.2 Å². The minimum absolute atomic E-state index is 0.601. The van der Waals surface area contributed by atoms with E-state index < -0.39 is 0 Å². The van der Waals surface area contributed by atoms with Gasteiger partial charge in [-0.2, -0.15) is 0 Å². The molecule has 0 aliphatic rings. The summed E-state index contributed by atoms with van der Waals surface area (Å²) in [5.74, 6) is 0.601. The van der Waals surface area contributed by atoms with Crippen LogP contribution in [0.5, 0.6) is 0 Å². The monoisotopic (exact) mass is 653 g/mol. The third-order valence-electron chi connectivity index (χ3n) is 9.80. The van der Waals surface area contributed by atoms with Crippen LogP contribution in [0.2, 0.25) is 0 Å². The second kappa shape index (κ2) is 11.9. The van der Waals surface area contributed by atoms with E-state index in [2.05, 4.69) is 161 Å². The topological polar surface area (TPSA) is 34.2 Å². The van der Waals surface area contributed by atoms with Crippen molar-refractivity contribution in [3.8, 4) is 28.3 Å². The maximum atomic E-state index is 6.68. The van der Waals surface area contributed by atoms with E-state index in [1.807, 2.05) is 36.4 Å². The normalized spacial score (nSPS) is 11.5. The van der Waals surface area contributed by atoms with Crippen molar-refractivity contribution in [2.45, 2.75) is 0 Å². The van der Waals surface area contributed by atoms with E-state index >= 15 is 0 Å². The van der Waals surface area contributed by atoms with Gasteiger partial charge >= 0.3 is 0 Å². The molecule has 0 atom stereocenters. The Labute approximate surface area is 295 Å². The van der Waals surface area contributed by atoms with Crippen molar-refractivity contribution >= 4 is 60.7 Å². The number of hydrogen-bond acceptors (Lipinski definition) is 3. The van der Waals surface area contributed by atoms with Crippen LogP contribution in [0.25, 0.3) is 71.9 Å². The first-order chi connectivity index (χ1) is 25.3. The van der Waals surface area contributed by atoms with Crippen molar-refractivity contribution in [1.82, 2.24) is 9.55 Å². The molecule has 8 aromatic carbocycles. The van der Waals surface area contributed by atoms with Crippen LogP contribution >= 0.6 is 0 Å². The lowest BCUT2D eigenvalue weighted by Crippen LogP contribution is -2.11. The average molecular weight is 654 g/mol. The number of hydrogen-bond donors (Lipinski definition) is 0. The Morgan fingerprint density at radius 2 is 1.10 bits per heavy atom. The van der Waals surface area contributed by atoms with E-state index in [4.69, 9.17) is 9.40 Å². The summed E-state index contributed by atoms with van der Waals surface area (Å²) in [5, 5.41) is 4.76. The van der Waals surface area contributed by atoms with Gasteiger partial charge in [-0.3, -0.25) is 0 Å². The standard InChI is InChI=1S/C47H31N3O/c1-4-14-32(15-5-1)33-26-29-37(30-27-33)50(43-25-13-22-39-46(43)51-47(48-39)35-16-6-2-7-17-35)41-24-12-18-34-28-31-42-45(44(34)41)38-21-10-11-23-40(38)49(42)36-19-8-3-9-20-36/h1-31H. The molecule has 51 heavy (non-hydrogen) atoms. The molecule has 4 nitrogen and oxygen atoms in total. The highest BCUT2D eigenvalue weighted by atomic mass is 16.3. The highest BCUT2D eigenvalue weighted by Crippen LogP contribution is 2.47. The van der Waals surface area contributed by atoms with Crippen LogP contribution in [0.4, 0.5) is 17.1 Å². The quantitative estimate of drug-likeness (QED) is 0.179. The summed E-state index contributed by atoms with van der Waals surface area (Å²) >= 11 is 0. The van der Waals surface area contributed by atoms with Gasteiger partial charge in [-0.25, -0.2) is 4.98 Å². The number of anilines is 3. The van der Waals surface area contributed by atoms with E-state index in [-0.39, 0.29) is 0 Å². The minimum Gasteiger partial charge on any atom is -0.434 e. The van der Waals surface area contributed by atoms with E-state index in [0.29, 0.717) is 5.89 Å². The largest absolute Gasteiger partial charge is 0.434 e. The number of aromatic nitrogens is 2. The third kappa shape index (κ3) is 4.80. The first kappa shape index (κ1) is 29.0. The van der Waals surface area contributed by atoms with Gasteiger partial charge in [0.2, 0.25) is 5.89 Å². The fourth-order valence-corrected chi connectivity index (χ4v) is 7.52. The average Bonchev–Trinajstić information content (AvgIpc) is 3.80. The zero-order chi connectivity index (χ0) is 33.7. The molecule has 10 rings (SSSR count). The summed E-state index contributed by atoms with van der Waals surface area (Å²) in [7, 11) is 0. The van der Waals surface area contributed by atoms with Crippen LogP contribution in [0, 0.1) is 0 Å². The number of nitrogens with zero attached hydrogens (tertiary/aromatic N) is 3. The summed E-state index contributed by atoms with van der Waals surface area (Å²) in [6, 6.07) is 66.2. The van der Waals surface area contributed by atoms with Gasteiger partial charge < -0.3 is 13.9 Å². The summed E-state index contributed by atoms with van der Waals surface area (Å²) < 4.78 is 9.06. The molecule has 0 saturated heterocycles. The Bertz CT molecular complexity index is 2840. The Hall–Kier alpha value is -6.91. The van der Waals surface area contributed by atoms with E-state index in [0.717, 1.165) is 55.9 Å². The predicted molar refractivity (Wildman–Crippen MR) is 211 cm³/mol. The molecule has 0 aliphatic carbocycles. The van der Waals surface area contributed by atoms with Crippen molar-refractivity contribution in [2.75, 3.05) is 4.90 Å². The van der Waals surface area contributed by atoms with Crippen molar-refractivity contribution in [3.05, 3.63) is 188 Å². The van der Waals surface area contributed by atoms with Crippen molar-refractivity contribution < 1.29 is 4.42 Å². The highest BCUT2D eigenvalue weighted by molar-refractivity contribution is 6.25. The molecule has 0 N–H and O–H groups in total.